The van der Waals surface area contributed by atoms with E-state index in [1.165, 1.54) is 0 Å². The molecule has 0 bridgehead atoms. The van der Waals surface area contributed by atoms with E-state index >= 15 is 0 Å². The van der Waals surface area contributed by atoms with Gasteiger partial charge in [-0.15, -0.1) is 0 Å². The van der Waals surface area contributed by atoms with Gasteiger partial charge in [-0.2, -0.15) is 0 Å². The lowest BCUT2D eigenvalue weighted by Gasteiger charge is -2.32. The minimum absolute atomic E-state index is 0.0170. The molecule has 116 valence electrons. The fourth-order valence-corrected chi connectivity index (χ4v) is 2.14. The van der Waals surface area contributed by atoms with Crippen LogP contribution in [0.4, 0.5) is 18.9 Å². The molecule has 0 radical (unpaired) electrons. The summed E-state index contributed by atoms with van der Waals surface area (Å²) in [6.45, 7) is 3.33. The zero-order chi connectivity index (χ0) is 15.4. The van der Waals surface area contributed by atoms with Gasteiger partial charge in [-0.1, -0.05) is 6.92 Å². The molecule has 1 saturated heterocycles. The molecule has 1 N–H and O–H groups in total. The largest absolute Gasteiger partial charge is 0.376 e. The summed E-state index contributed by atoms with van der Waals surface area (Å²) in [5.41, 5.74) is 0.0278. The summed E-state index contributed by atoms with van der Waals surface area (Å²) < 4.78 is 44.4. The Morgan fingerprint density at radius 3 is 2.67 bits per heavy atom. The molecule has 0 aliphatic carbocycles. The number of carbonyl (C=O) groups excluding carboxylic acids is 1. The molecule has 1 amide bonds. The number of anilines is 1. The SMILES string of the molecule is CC[C@@H]1CN(C(=O)CNc2cc(F)c(F)c(F)c2)CCO1. The lowest BCUT2D eigenvalue weighted by Crippen LogP contribution is -2.47. The third kappa shape index (κ3) is 3.87. The van der Waals surface area contributed by atoms with Crippen LogP contribution in [0, 0.1) is 17.5 Å². The number of benzene rings is 1. The molecule has 2 rings (SSSR count). The van der Waals surface area contributed by atoms with Crippen LogP contribution in [0.15, 0.2) is 12.1 Å². The van der Waals surface area contributed by atoms with Gasteiger partial charge in [0, 0.05) is 30.9 Å². The summed E-state index contributed by atoms with van der Waals surface area (Å²) in [5.74, 6) is -4.29. The molecular weight excluding hydrogens is 285 g/mol. The maximum absolute atomic E-state index is 13.0. The van der Waals surface area contributed by atoms with E-state index in [2.05, 4.69) is 5.32 Å². The van der Waals surface area contributed by atoms with E-state index in [9.17, 15) is 18.0 Å². The Balaban J connectivity index is 1.92. The normalized spacial score (nSPS) is 18.7. The Morgan fingerprint density at radius 2 is 2.05 bits per heavy atom. The summed E-state index contributed by atoms with van der Waals surface area (Å²) in [6, 6.07) is 1.64. The molecule has 1 aromatic rings. The van der Waals surface area contributed by atoms with Crippen LogP contribution >= 0.6 is 0 Å². The molecule has 0 aromatic heterocycles. The third-order valence-electron chi connectivity index (χ3n) is 3.37. The number of halogens is 3. The second-order valence-electron chi connectivity index (χ2n) is 4.85. The average molecular weight is 302 g/mol. The molecule has 1 aliphatic heterocycles. The first-order valence-corrected chi connectivity index (χ1v) is 6.79. The summed E-state index contributed by atoms with van der Waals surface area (Å²) in [4.78, 5) is 13.7. The second kappa shape index (κ2) is 6.80. The van der Waals surface area contributed by atoms with Crippen LogP contribution in [0.5, 0.6) is 0 Å². The molecule has 0 spiro atoms. The zero-order valence-corrected chi connectivity index (χ0v) is 11.7. The number of ether oxygens (including phenoxy) is 1. The van der Waals surface area contributed by atoms with Crippen LogP contribution in [-0.2, 0) is 9.53 Å². The van der Waals surface area contributed by atoms with E-state index in [0.29, 0.717) is 19.7 Å². The first-order chi connectivity index (χ1) is 10.0. The number of nitrogens with zero attached hydrogens (tertiary/aromatic N) is 1. The Morgan fingerprint density at radius 1 is 1.38 bits per heavy atom. The molecule has 0 saturated carbocycles. The number of rotatable bonds is 4. The predicted molar refractivity (Wildman–Crippen MR) is 71.4 cm³/mol. The van der Waals surface area contributed by atoms with Crippen LogP contribution < -0.4 is 5.32 Å². The van der Waals surface area contributed by atoms with Gasteiger partial charge in [0.25, 0.3) is 0 Å². The number of amides is 1. The minimum Gasteiger partial charge on any atom is -0.376 e. The maximum Gasteiger partial charge on any atom is 0.242 e. The Bertz CT molecular complexity index is 502. The Kier molecular flexibility index (Phi) is 5.06. The second-order valence-corrected chi connectivity index (χ2v) is 4.85. The number of nitrogens with one attached hydrogen (secondary N) is 1. The molecule has 1 aromatic carbocycles. The van der Waals surface area contributed by atoms with Crippen molar-refractivity contribution in [2.75, 3.05) is 31.6 Å². The fraction of sp³-hybridized carbons (Fsp3) is 0.500. The van der Waals surface area contributed by atoms with Crippen molar-refractivity contribution in [3.8, 4) is 0 Å². The molecule has 1 heterocycles. The first kappa shape index (κ1) is 15.6. The number of hydrogen-bond acceptors (Lipinski definition) is 3. The van der Waals surface area contributed by atoms with Gasteiger partial charge in [0.15, 0.2) is 17.5 Å². The molecule has 21 heavy (non-hydrogen) atoms. The number of carbonyl (C=O) groups is 1. The average Bonchev–Trinajstić information content (AvgIpc) is 2.50. The predicted octanol–water partition coefficient (Wildman–Crippen LogP) is 2.15. The van der Waals surface area contributed by atoms with Crippen LogP contribution in [0.2, 0.25) is 0 Å². The topological polar surface area (TPSA) is 41.6 Å². The third-order valence-corrected chi connectivity index (χ3v) is 3.37. The molecule has 7 heteroatoms. The van der Waals surface area contributed by atoms with Crippen molar-refractivity contribution >= 4 is 11.6 Å². The summed E-state index contributed by atoms with van der Waals surface area (Å²) in [6.07, 6.45) is 0.828. The van der Waals surface area contributed by atoms with Crippen LogP contribution in [0.1, 0.15) is 13.3 Å². The molecule has 4 nitrogen and oxygen atoms in total. The van der Waals surface area contributed by atoms with E-state index in [1.807, 2.05) is 6.92 Å². The van der Waals surface area contributed by atoms with Gasteiger partial charge in [0.1, 0.15) is 0 Å². The lowest BCUT2D eigenvalue weighted by atomic mass is 10.2. The van der Waals surface area contributed by atoms with E-state index in [-0.39, 0.29) is 24.2 Å². The molecule has 1 atom stereocenters. The quantitative estimate of drug-likeness (QED) is 0.867. The van der Waals surface area contributed by atoms with Gasteiger partial charge < -0.3 is 15.0 Å². The lowest BCUT2D eigenvalue weighted by molar-refractivity contribution is -0.136. The Hall–Kier alpha value is -1.76. The fourth-order valence-electron chi connectivity index (χ4n) is 2.14. The van der Waals surface area contributed by atoms with E-state index < -0.39 is 17.5 Å². The van der Waals surface area contributed by atoms with E-state index in [0.717, 1.165) is 18.6 Å². The summed E-state index contributed by atoms with van der Waals surface area (Å²) in [5, 5.41) is 2.60. The first-order valence-electron chi connectivity index (χ1n) is 6.79. The van der Waals surface area contributed by atoms with Crippen molar-refractivity contribution in [3.63, 3.8) is 0 Å². The van der Waals surface area contributed by atoms with Gasteiger partial charge in [-0.05, 0) is 6.42 Å². The number of morpholine rings is 1. The van der Waals surface area contributed by atoms with Gasteiger partial charge in [-0.3, -0.25) is 4.79 Å². The van der Waals surface area contributed by atoms with Crippen molar-refractivity contribution in [1.82, 2.24) is 4.90 Å². The highest BCUT2D eigenvalue weighted by molar-refractivity contribution is 5.81. The van der Waals surface area contributed by atoms with E-state index in [1.54, 1.807) is 4.90 Å². The standard InChI is InChI=1S/C14H17F3N2O2/c1-2-10-8-19(3-4-21-10)13(20)7-18-9-5-11(15)14(17)12(16)6-9/h5-6,10,18H,2-4,7-8H2,1H3/t10-/m1/s1. The van der Waals surface area contributed by atoms with Gasteiger partial charge in [0.2, 0.25) is 5.91 Å². The zero-order valence-electron chi connectivity index (χ0n) is 11.7. The van der Waals surface area contributed by atoms with Crippen LogP contribution in [-0.4, -0.2) is 43.2 Å². The molecule has 1 fully saturated rings. The van der Waals surface area contributed by atoms with Crippen molar-refractivity contribution < 1.29 is 22.7 Å². The highest BCUT2D eigenvalue weighted by atomic mass is 19.2. The number of hydrogen-bond donors (Lipinski definition) is 1. The van der Waals surface area contributed by atoms with E-state index in [4.69, 9.17) is 4.74 Å². The molecule has 0 unspecified atom stereocenters. The summed E-state index contributed by atoms with van der Waals surface area (Å²) in [7, 11) is 0. The van der Waals surface area contributed by atoms with Crippen molar-refractivity contribution in [2.24, 2.45) is 0 Å². The Labute approximate surface area is 120 Å². The maximum atomic E-state index is 13.0. The monoisotopic (exact) mass is 302 g/mol. The van der Waals surface area contributed by atoms with Crippen molar-refractivity contribution in [1.29, 1.82) is 0 Å². The summed E-state index contributed by atoms with van der Waals surface area (Å²) >= 11 is 0. The van der Waals surface area contributed by atoms with Crippen molar-refractivity contribution in [3.05, 3.63) is 29.6 Å². The van der Waals surface area contributed by atoms with Crippen LogP contribution in [0.25, 0.3) is 0 Å². The van der Waals surface area contributed by atoms with Gasteiger partial charge in [0.05, 0.1) is 19.3 Å². The minimum atomic E-state index is -1.52. The smallest absolute Gasteiger partial charge is 0.242 e. The highest BCUT2D eigenvalue weighted by Crippen LogP contribution is 2.17. The van der Waals surface area contributed by atoms with Crippen LogP contribution in [0.3, 0.4) is 0 Å². The van der Waals surface area contributed by atoms with Crippen molar-refractivity contribution in [2.45, 2.75) is 19.4 Å². The highest BCUT2D eigenvalue weighted by Gasteiger charge is 2.22. The van der Waals surface area contributed by atoms with Gasteiger partial charge >= 0.3 is 0 Å². The molecular formula is C14H17F3N2O2. The molecule has 1 aliphatic rings. The van der Waals surface area contributed by atoms with Gasteiger partial charge in [-0.25, -0.2) is 13.2 Å².